The lowest BCUT2D eigenvalue weighted by atomic mass is 9.81. The van der Waals surface area contributed by atoms with Crippen molar-refractivity contribution in [2.75, 3.05) is 19.6 Å². The molecule has 4 heteroatoms. The fourth-order valence-corrected chi connectivity index (χ4v) is 4.81. The first-order valence-corrected chi connectivity index (χ1v) is 9.57. The normalized spacial score (nSPS) is 25.9. The zero-order chi connectivity index (χ0) is 18.1. The summed E-state index contributed by atoms with van der Waals surface area (Å²) < 4.78 is 0. The summed E-state index contributed by atoms with van der Waals surface area (Å²) in [6, 6.07) is 13.4. The summed E-state index contributed by atoms with van der Waals surface area (Å²) in [7, 11) is 0. The van der Waals surface area contributed by atoms with Crippen molar-refractivity contribution in [2.24, 2.45) is 5.92 Å². The minimum absolute atomic E-state index is 0.218. The molecule has 2 aliphatic heterocycles. The molecule has 0 radical (unpaired) electrons. The van der Waals surface area contributed by atoms with Gasteiger partial charge in [-0.05, 0) is 30.5 Å². The molecular weight excluding hydrogens is 322 g/mol. The van der Waals surface area contributed by atoms with Gasteiger partial charge in [-0.15, -0.1) is 0 Å². The number of carbonyl (C=O) groups excluding carboxylic acids is 1. The van der Waals surface area contributed by atoms with Gasteiger partial charge in [0.2, 0.25) is 5.91 Å². The average Bonchev–Trinajstić information content (AvgIpc) is 3.02. The second-order valence-electron chi connectivity index (χ2n) is 7.81. The zero-order valence-electron chi connectivity index (χ0n) is 15.6. The third-order valence-corrected chi connectivity index (χ3v) is 6.02. The summed E-state index contributed by atoms with van der Waals surface area (Å²) in [6.45, 7) is 7.75. The van der Waals surface area contributed by atoms with Gasteiger partial charge in [-0.3, -0.25) is 14.7 Å². The van der Waals surface area contributed by atoms with Gasteiger partial charge in [0.05, 0.1) is 0 Å². The predicted octanol–water partition coefficient (Wildman–Crippen LogP) is 3.23. The molecule has 2 fully saturated rings. The van der Waals surface area contributed by atoms with Crippen LogP contribution in [-0.2, 0) is 11.3 Å². The van der Waals surface area contributed by atoms with Crippen LogP contribution < -0.4 is 0 Å². The highest BCUT2D eigenvalue weighted by atomic mass is 16.2. The number of hydrogen-bond donors (Lipinski definition) is 0. The zero-order valence-corrected chi connectivity index (χ0v) is 15.6. The highest BCUT2D eigenvalue weighted by molar-refractivity contribution is 5.74. The van der Waals surface area contributed by atoms with Crippen molar-refractivity contribution in [3.05, 3.63) is 65.5 Å². The highest BCUT2D eigenvalue weighted by Crippen LogP contribution is 2.41. The summed E-state index contributed by atoms with van der Waals surface area (Å²) >= 11 is 0. The lowest BCUT2D eigenvalue weighted by molar-refractivity contribution is -0.130. The molecule has 1 amide bonds. The van der Waals surface area contributed by atoms with Crippen LogP contribution in [0.1, 0.15) is 36.0 Å². The Kier molecular flexibility index (Phi) is 4.77. The lowest BCUT2D eigenvalue weighted by Gasteiger charge is -2.38. The van der Waals surface area contributed by atoms with Gasteiger partial charge in [-0.2, -0.15) is 0 Å². The van der Waals surface area contributed by atoms with E-state index in [9.17, 15) is 4.79 Å². The van der Waals surface area contributed by atoms with Gasteiger partial charge in [-0.1, -0.05) is 35.9 Å². The second kappa shape index (κ2) is 7.20. The SMILES string of the molecule is CC(=O)N1C[C@@H](c2cccc(C)c2)[C@@H]2CN(Cc3cccnc3)CC[C@@H]21. The molecule has 0 aliphatic carbocycles. The monoisotopic (exact) mass is 349 g/mol. The van der Waals surface area contributed by atoms with Gasteiger partial charge < -0.3 is 4.90 Å². The van der Waals surface area contributed by atoms with Crippen LogP contribution in [0.3, 0.4) is 0 Å². The first kappa shape index (κ1) is 17.2. The number of pyridine rings is 1. The quantitative estimate of drug-likeness (QED) is 0.854. The number of fused-ring (bicyclic) bond motifs is 1. The van der Waals surface area contributed by atoms with E-state index in [4.69, 9.17) is 0 Å². The predicted molar refractivity (Wildman–Crippen MR) is 103 cm³/mol. The number of aryl methyl sites for hydroxylation is 1. The number of benzene rings is 1. The Labute approximate surface area is 155 Å². The first-order valence-electron chi connectivity index (χ1n) is 9.57. The van der Waals surface area contributed by atoms with E-state index in [2.05, 4.69) is 52.0 Å². The Hall–Kier alpha value is -2.20. The smallest absolute Gasteiger partial charge is 0.219 e. The molecule has 1 aromatic heterocycles. The van der Waals surface area contributed by atoms with Crippen molar-refractivity contribution in [3.63, 3.8) is 0 Å². The number of piperidine rings is 1. The number of hydrogen-bond acceptors (Lipinski definition) is 3. The third-order valence-electron chi connectivity index (χ3n) is 6.02. The molecule has 26 heavy (non-hydrogen) atoms. The Bertz CT molecular complexity index is 776. The molecular formula is C22H27N3O. The van der Waals surface area contributed by atoms with E-state index in [1.54, 1.807) is 6.92 Å². The maximum atomic E-state index is 12.2. The molecule has 2 aromatic rings. The molecule has 136 valence electrons. The van der Waals surface area contributed by atoms with Crippen LogP contribution in [0.4, 0.5) is 0 Å². The molecule has 3 heterocycles. The van der Waals surface area contributed by atoms with Crippen molar-refractivity contribution in [3.8, 4) is 0 Å². The molecule has 0 spiro atoms. The molecule has 4 rings (SSSR count). The fraction of sp³-hybridized carbons (Fsp3) is 0.455. The van der Waals surface area contributed by atoms with Gasteiger partial charge in [0.25, 0.3) is 0 Å². The average molecular weight is 349 g/mol. The van der Waals surface area contributed by atoms with Crippen molar-refractivity contribution < 1.29 is 4.79 Å². The summed E-state index contributed by atoms with van der Waals surface area (Å²) in [5.41, 5.74) is 3.94. The van der Waals surface area contributed by atoms with Crippen LogP contribution in [0.25, 0.3) is 0 Å². The van der Waals surface area contributed by atoms with Crippen LogP contribution in [0, 0.1) is 12.8 Å². The molecule has 4 nitrogen and oxygen atoms in total. The van der Waals surface area contributed by atoms with Crippen LogP contribution in [0.2, 0.25) is 0 Å². The third kappa shape index (κ3) is 3.38. The van der Waals surface area contributed by atoms with E-state index < -0.39 is 0 Å². The van der Waals surface area contributed by atoms with Crippen LogP contribution >= 0.6 is 0 Å². The Morgan fingerprint density at radius 2 is 2.12 bits per heavy atom. The van der Waals surface area contributed by atoms with E-state index in [1.165, 1.54) is 16.7 Å². The Morgan fingerprint density at radius 1 is 1.23 bits per heavy atom. The van der Waals surface area contributed by atoms with Crippen LogP contribution in [0.5, 0.6) is 0 Å². The summed E-state index contributed by atoms with van der Waals surface area (Å²) in [6.07, 6.45) is 4.85. The van der Waals surface area contributed by atoms with E-state index in [1.807, 2.05) is 18.5 Å². The van der Waals surface area contributed by atoms with Gasteiger partial charge >= 0.3 is 0 Å². The van der Waals surface area contributed by atoms with Crippen LogP contribution in [0.15, 0.2) is 48.8 Å². The van der Waals surface area contributed by atoms with Gasteiger partial charge in [0.1, 0.15) is 0 Å². The van der Waals surface area contributed by atoms with Crippen molar-refractivity contribution in [1.29, 1.82) is 0 Å². The standard InChI is InChI=1S/C22H27N3O/c1-16-5-3-7-19(11-16)20-15-25(17(2)26)22-8-10-24(14-21(20)22)13-18-6-4-9-23-12-18/h3-7,9,11-12,20-22H,8,10,13-15H2,1-2H3/t20-,21-,22-/m0/s1. The van der Waals surface area contributed by atoms with E-state index in [0.717, 1.165) is 32.6 Å². The van der Waals surface area contributed by atoms with E-state index in [0.29, 0.717) is 17.9 Å². The molecule has 3 atom stereocenters. The number of aromatic nitrogens is 1. The van der Waals surface area contributed by atoms with Gasteiger partial charge in [0.15, 0.2) is 0 Å². The maximum absolute atomic E-state index is 12.2. The first-order chi connectivity index (χ1) is 12.6. The largest absolute Gasteiger partial charge is 0.339 e. The lowest BCUT2D eigenvalue weighted by Crippen LogP contribution is -2.47. The van der Waals surface area contributed by atoms with Crippen molar-refractivity contribution in [2.45, 2.75) is 38.8 Å². The molecule has 0 N–H and O–H groups in total. The van der Waals surface area contributed by atoms with Gasteiger partial charge in [0, 0.05) is 63.4 Å². The molecule has 0 unspecified atom stereocenters. The van der Waals surface area contributed by atoms with E-state index >= 15 is 0 Å². The number of carbonyl (C=O) groups is 1. The second-order valence-corrected chi connectivity index (χ2v) is 7.81. The number of amides is 1. The number of likely N-dealkylation sites (tertiary alicyclic amines) is 2. The fourth-order valence-electron chi connectivity index (χ4n) is 4.81. The van der Waals surface area contributed by atoms with Crippen molar-refractivity contribution in [1.82, 2.24) is 14.8 Å². The van der Waals surface area contributed by atoms with Crippen molar-refractivity contribution >= 4 is 5.91 Å². The summed E-state index contributed by atoms with van der Waals surface area (Å²) in [5, 5.41) is 0. The molecule has 0 saturated carbocycles. The number of rotatable bonds is 3. The maximum Gasteiger partial charge on any atom is 0.219 e. The minimum atomic E-state index is 0.218. The molecule has 2 saturated heterocycles. The van der Waals surface area contributed by atoms with Crippen LogP contribution in [-0.4, -0.2) is 46.4 Å². The number of nitrogens with zero attached hydrogens (tertiary/aromatic N) is 3. The summed E-state index contributed by atoms with van der Waals surface area (Å²) in [5.74, 6) is 1.16. The Balaban J connectivity index is 1.57. The molecule has 0 bridgehead atoms. The van der Waals surface area contributed by atoms with Gasteiger partial charge in [-0.25, -0.2) is 0 Å². The molecule has 2 aliphatic rings. The Morgan fingerprint density at radius 3 is 2.85 bits per heavy atom. The van der Waals surface area contributed by atoms with E-state index in [-0.39, 0.29) is 5.91 Å². The highest BCUT2D eigenvalue weighted by Gasteiger charge is 2.46. The topological polar surface area (TPSA) is 36.4 Å². The summed E-state index contributed by atoms with van der Waals surface area (Å²) in [4.78, 5) is 21.1. The molecule has 1 aromatic carbocycles. The minimum Gasteiger partial charge on any atom is -0.339 e.